The van der Waals surface area contributed by atoms with Crippen molar-refractivity contribution in [1.82, 2.24) is 19.4 Å². The van der Waals surface area contributed by atoms with Crippen molar-refractivity contribution in [3.8, 4) is 23.0 Å². The van der Waals surface area contributed by atoms with E-state index in [-0.39, 0.29) is 42.0 Å². The second-order valence-corrected chi connectivity index (χ2v) is 13.8. The van der Waals surface area contributed by atoms with Crippen LogP contribution < -0.4 is 4.74 Å². The minimum Gasteiger partial charge on any atom is -0.465 e. The molecule has 11 heteroatoms. The van der Waals surface area contributed by atoms with Crippen LogP contribution in [-0.4, -0.2) is 83.4 Å². The van der Waals surface area contributed by atoms with E-state index in [0.717, 1.165) is 11.3 Å². The van der Waals surface area contributed by atoms with Gasteiger partial charge in [0, 0.05) is 25.2 Å². The van der Waals surface area contributed by atoms with Gasteiger partial charge in [-0.2, -0.15) is 4.98 Å². The maximum absolute atomic E-state index is 14.6. The number of ether oxygens (including phenoxy) is 2. The van der Waals surface area contributed by atoms with Crippen molar-refractivity contribution in [2.24, 2.45) is 0 Å². The third kappa shape index (κ3) is 7.20. The minimum atomic E-state index is -3.83. The van der Waals surface area contributed by atoms with E-state index in [1.807, 2.05) is 67.6 Å². The van der Waals surface area contributed by atoms with Crippen LogP contribution in [0, 0.1) is 0 Å². The van der Waals surface area contributed by atoms with Crippen LogP contribution in [0.15, 0.2) is 95.9 Å². The van der Waals surface area contributed by atoms with Crippen LogP contribution in [0.25, 0.3) is 16.9 Å². The second-order valence-electron chi connectivity index (χ2n) is 11.7. The lowest BCUT2D eigenvalue weighted by Gasteiger charge is -2.41. The number of imidazole rings is 1. The van der Waals surface area contributed by atoms with Gasteiger partial charge in [-0.25, -0.2) is 13.2 Å². The van der Waals surface area contributed by atoms with Gasteiger partial charge in [-0.1, -0.05) is 66.7 Å². The van der Waals surface area contributed by atoms with Crippen molar-refractivity contribution >= 4 is 21.8 Å². The molecule has 1 atom stereocenters. The molecule has 5 rings (SSSR count). The van der Waals surface area contributed by atoms with Crippen LogP contribution >= 0.6 is 0 Å². The summed E-state index contributed by atoms with van der Waals surface area (Å²) in [5.41, 5.74) is 1.41. The Balaban J connectivity index is 1.59. The van der Waals surface area contributed by atoms with Gasteiger partial charge in [0.05, 0.1) is 34.7 Å². The molecule has 1 saturated heterocycles. The van der Waals surface area contributed by atoms with Crippen molar-refractivity contribution in [3.05, 3.63) is 96.7 Å². The molecule has 1 aliphatic heterocycles. The Labute approximate surface area is 264 Å². The fourth-order valence-corrected chi connectivity index (χ4v) is 6.88. The number of nitrogens with zero attached hydrogens (tertiary/aromatic N) is 4. The number of hydrogen-bond donors (Lipinski definition) is 0. The number of sulfone groups is 1. The van der Waals surface area contributed by atoms with Crippen LogP contribution in [0.2, 0.25) is 0 Å². The zero-order valence-corrected chi connectivity index (χ0v) is 26.7. The molecule has 1 aliphatic rings. The molecule has 0 radical (unpaired) electrons. The first-order valence-corrected chi connectivity index (χ1v) is 16.6. The second kappa shape index (κ2) is 13.2. The number of carbonyl (C=O) groups is 2. The SMILES string of the molecule is CCOc1nc(C(=O)N2CCN(C(=O)OC(C)(C)C)C[C@H]2CS(=O)(=O)c2ccccc2)c(-c2ccccc2)n1-c1ccccc1. The molecule has 0 spiro atoms. The Kier molecular flexibility index (Phi) is 9.29. The Morgan fingerprint density at radius 2 is 1.49 bits per heavy atom. The molecule has 0 saturated carbocycles. The zero-order valence-electron chi connectivity index (χ0n) is 25.9. The Morgan fingerprint density at radius 3 is 2.09 bits per heavy atom. The van der Waals surface area contributed by atoms with Crippen LogP contribution in [0.4, 0.5) is 4.79 Å². The molecule has 3 aromatic carbocycles. The molecule has 0 unspecified atom stereocenters. The van der Waals surface area contributed by atoms with E-state index in [9.17, 15) is 18.0 Å². The molecule has 1 fully saturated rings. The molecule has 0 aliphatic carbocycles. The molecular weight excluding hydrogens is 592 g/mol. The third-order valence-corrected chi connectivity index (χ3v) is 9.11. The summed E-state index contributed by atoms with van der Waals surface area (Å²) in [4.78, 5) is 35.5. The standard InChI is InChI=1S/C34H38N4O6S/c1-5-43-32-35-29(30(25-15-9-6-10-16-25)38(32)26-17-11-7-12-18-26)31(39)37-22-21-36(33(40)44-34(2,3)4)23-27(37)24-45(41,42)28-19-13-8-14-20-28/h6-20,27H,5,21-24H2,1-4H3/t27-/m0/s1. The number of piperazine rings is 1. The monoisotopic (exact) mass is 630 g/mol. The van der Waals surface area contributed by atoms with E-state index in [1.165, 1.54) is 21.9 Å². The van der Waals surface area contributed by atoms with E-state index in [4.69, 9.17) is 14.5 Å². The van der Waals surface area contributed by atoms with Crippen molar-refractivity contribution in [2.45, 2.75) is 44.2 Å². The van der Waals surface area contributed by atoms with Gasteiger partial charge in [0.1, 0.15) is 5.60 Å². The van der Waals surface area contributed by atoms with Gasteiger partial charge in [-0.3, -0.25) is 9.36 Å². The lowest BCUT2D eigenvalue weighted by molar-refractivity contribution is 0.00636. The lowest BCUT2D eigenvalue weighted by atomic mass is 10.1. The average Bonchev–Trinajstić information content (AvgIpc) is 3.40. The molecule has 2 heterocycles. The minimum absolute atomic E-state index is 0.0227. The first-order chi connectivity index (χ1) is 21.5. The predicted molar refractivity (Wildman–Crippen MR) is 171 cm³/mol. The van der Waals surface area contributed by atoms with E-state index in [1.54, 1.807) is 43.5 Å². The fraction of sp³-hybridized carbons (Fsp3) is 0.324. The van der Waals surface area contributed by atoms with Crippen molar-refractivity contribution in [3.63, 3.8) is 0 Å². The number of hydrogen-bond acceptors (Lipinski definition) is 7. The molecule has 10 nitrogen and oxygen atoms in total. The predicted octanol–water partition coefficient (Wildman–Crippen LogP) is 5.47. The maximum Gasteiger partial charge on any atom is 0.410 e. The van der Waals surface area contributed by atoms with E-state index in [0.29, 0.717) is 12.3 Å². The first-order valence-electron chi connectivity index (χ1n) is 14.9. The van der Waals surface area contributed by atoms with Crippen LogP contribution in [0.3, 0.4) is 0 Å². The van der Waals surface area contributed by atoms with Crippen LogP contribution in [0.5, 0.6) is 6.01 Å². The first kappa shape index (κ1) is 31.8. The van der Waals surface area contributed by atoms with Gasteiger partial charge in [-0.15, -0.1) is 0 Å². The van der Waals surface area contributed by atoms with E-state index in [2.05, 4.69) is 0 Å². The quantitative estimate of drug-likeness (QED) is 0.254. The number of para-hydroxylation sites is 1. The highest BCUT2D eigenvalue weighted by atomic mass is 32.2. The fourth-order valence-electron chi connectivity index (χ4n) is 5.32. The topological polar surface area (TPSA) is 111 Å². The highest BCUT2D eigenvalue weighted by Crippen LogP contribution is 2.34. The summed E-state index contributed by atoms with van der Waals surface area (Å²) in [6.07, 6.45) is -0.561. The highest BCUT2D eigenvalue weighted by molar-refractivity contribution is 7.91. The summed E-state index contributed by atoms with van der Waals surface area (Å²) in [5, 5.41) is 0. The van der Waals surface area contributed by atoms with E-state index < -0.39 is 33.5 Å². The smallest absolute Gasteiger partial charge is 0.410 e. The number of rotatable bonds is 8. The van der Waals surface area contributed by atoms with E-state index >= 15 is 0 Å². The molecular formula is C34H38N4O6S. The normalized spacial score (nSPS) is 15.5. The summed E-state index contributed by atoms with van der Waals surface area (Å²) in [5.74, 6) is -0.845. The van der Waals surface area contributed by atoms with Crippen molar-refractivity contribution in [1.29, 1.82) is 0 Å². The number of carbonyl (C=O) groups excluding carboxylic acids is 2. The van der Waals surface area contributed by atoms with Crippen LogP contribution in [-0.2, 0) is 14.6 Å². The summed E-state index contributed by atoms with van der Waals surface area (Å²) >= 11 is 0. The summed E-state index contributed by atoms with van der Waals surface area (Å²) in [7, 11) is -3.83. The van der Waals surface area contributed by atoms with Gasteiger partial charge in [0.2, 0.25) is 0 Å². The van der Waals surface area contributed by atoms with Crippen LogP contribution in [0.1, 0.15) is 38.2 Å². The maximum atomic E-state index is 14.6. The molecule has 45 heavy (non-hydrogen) atoms. The number of benzene rings is 3. The Morgan fingerprint density at radius 1 is 0.889 bits per heavy atom. The summed E-state index contributed by atoms with van der Waals surface area (Å²) < 4.78 is 40.6. The van der Waals surface area contributed by atoms with Gasteiger partial charge in [-0.05, 0) is 52.0 Å². The van der Waals surface area contributed by atoms with Gasteiger partial charge in [0.15, 0.2) is 15.5 Å². The largest absolute Gasteiger partial charge is 0.465 e. The highest BCUT2D eigenvalue weighted by Gasteiger charge is 2.40. The molecule has 0 bridgehead atoms. The van der Waals surface area contributed by atoms with Gasteiger partial charge in [0.25, 0.3) is 5.91 Å². The molecule has 236 valence electrons. The average molecular weight is 631 g/mol. The zero-order chi connectivity index (χ0) is 32.2. The third-order valence-electron chi connectivity index (χ3n) is 7.29. The summed E-state index contributed by atoms with van der Waals surface area (Å²) in [6.45, 7) is 7.70. The molecule has 1 aromatic heterocycles. The number of aromatic nitrogens is 2. The van der Waals surface area contributed by atoms with Gasteiger partial charge < -0.3 is 19.3 Å². The van der Waals surface area contributed by atoms with Gasteiger partial charge >= 0.3 is 12.1 Å². The molecule has 0 N–H and O–H groups in total. The Bertz CT molecular complexity index is 1740. The molecule has 2 amide bonds. The number of amides is 2. The van der Waals surface area contributed by atoms with Crippen molar-refractivity contribution < 1.29 is 27.5 Å². The molecule has 4 aromatic rings. The Hall–Kier alpha value is -4.64. The lowest BCUT2D eigenvalue weighted by Crippen LogP contribution is -2.59. The summed E-state index contributed by atoms with van der Waals surface area (Å²) in [6, 6.07) is 26.4. The van der Waals surface area contributed by atoms with Crippen molar-refractivity contribution in [2.75, 3.05) is 32.0 Å².